The monoisotopic (exact) mass is 417 g/mol. The van der Waals surface area contributed by atoms with Crippen LogP contribution < -0.4 is 10.1 Å². The van der Waals surface area contributed by atoms with E-state index in [-0.39, 0.29) is 12.0 Å². The quantitative estimate of drug-likeness (QED) is 0.624. The number of ether oxygens (including phenoxy) is 1. The summed E-state index contributed by atoms with van der Waals surface area (Å²) in [6.07, 6.45) is 1.13. The highest BCUT2D eigenvalue weighted by Crippen LogP contribution is 2.26. The van der Waals surface area contributed by atoms with Gasteiger partial charge in [-0.1, -0.05) is 18.2 Å². The van der Waals surface area contributed by atoms with Crippen molar-refractivity contribution in [2.45, 2.75) is 26.0 Å². The summed E-state index contributed by atoms with van der Waals surface area (Å²) in [5, 5.41) is 13.7. The van der Waals surface area contributed by atoms with Crippen LogP contribution in [0.5, 0.6) is 5.75 Å². The van der Waals surface area contributed by atoms with Crippen molar-refractivity contribution in [2.75, 3.05) is 18.4 Å². The summed E-state index contributed by atoms with van der Waals surface area (Å²) in [6, 6.07) is 19.4. The van der Waals surface area contributed by atoms with Crippen LogP contribution in [-0.2, 0) is 6.54 Å². The SMILES string of the molecule is Cc1cc(NC(=O)c2cccs2)ccc1OC1CCN(Cc2ccc(C#N)cc2)C1. The van der Waals surface area contributed by atoms with Crippen molar-refractivity contribution < 1.29 is 9.53 Å². The van der Waals surface area contributed by atoms with Crippen molar-refractivity contribution in [3.05, 3.63) is 81.5 Å². The van der Waals surface area contributed by atoms with Crippen LogP contribution in [0.3, 0.4) is 0 Å². The second-order valence-electron chi connectivity index (χ2n) is 7.48. The van der Waals surface area contributed by atoms with Gasteiger partial charge in [-0.3, -0.25) is 9.69 Å². The average Bonchev–Trinajstić information content (AvgIpc) is 3.43. The molecule has 1 saturated heterocycles. The van der Waals surface area contributed by atoms with Crippen molar-refractivity contribution in [3.63, 3.8) is 0 Å². The van der Waals surface area contributed by atoms with Gasteiger partial charge in [0.2, 0.25) is 0 Å². The van der Waals surface area contributed by atoms with E-state index in [1.807, 2.05) is 66.9 Å². The lowest BCUT2D eigenvalue weighted by Crippen LogP contribution is -2.24. The number of aryl methyl sites for hydroxylation is 1. The first-order chi connectivity index (χ1) is 14.6. The van der Waals surface area contributed by atoms with Crippen molar-refractivity contribution in [2.24, 2.45) is 0 Å². The van der Waals surface area contributed by atoms with E-state index in [4.69, 9.17) is 10.00 Å². The Kier molecular flexibility index (Phi) is 6.12. The molecule has 1 aromatic heterocycles. The second-order valence-corrected chi connectivity index (χ2v) is 8.43. The standard InChI is InChI=1S/C24H23N3O2S/c1-17-13-20(26-24(28)23-3-2-12-30-23)8-9-22(17)29-21-10-11-27(16-21)15-19-6-4-18(14-25)5-7-19/h2-9,12-13,21H,10-11,15-16H2,1H3,(H,26,28). The Hall–Kier alpha value is -3.14. The van der Waals surface area contributed by atoms with Crippen LogP contribution in [0.4, 0.5) is 5.69 Å². The molecule has 0 bridgehead atoms. The zero-order chi connectivity index (χ0) is 20.9. The molecule has 2 aromatic carbocycles. The van der Waals surface area contributed by atoms with E-state index < -0.39 is 0 Å². The van der Waals surface area contributed by atoms with Gasteiger partial charge in [0.15, 0.2) is 0 Å². The Labute approximate surface area is 180 Å². The van der Waals surface area contributed by atoms with Crippen LogP contribution >= 0.6 is 11.3 Å². The fraction of sp³-hybridized carbons (Fsp3) is 0.250. The smallest absolute Gasteiger partial charge is 0.265 e. The number of nitrogens with zero attached hydrogens (tertiary/aromatic N) is 2. The molecule has 1 aliphatic heterocycles. The number of amides is 1. The summed E-state index contributed by atoms with van der Waals surface area (Å²) in [5.41, 5.74) is 3.67. The summed E-state index contributed by atoms with van der Waals surface area (Å²) < 4.78 is 6.25. The molecule has 152 valence electrons. The molecule has 2 heterocycles. The zero-order valence-corrected chi connectivity index (χ0v) is 17.6. The number of hydrogen-bond acceptors (Lipinski definition) is 5. The molecular weight excluding hydrogens is 394 g/mol. The average molecular weight is 418 g/mol. The van der Waals surface area contributed by atoms with Crippen LogP contribution in [0, 0.1) is 18.3 Å². The molecule has 5 nitrogen and oxygen atoms in total. The van der Waals surface area contributed by atoms with E-state index >= 15 is 0 Å². The Morgan fingerprint density at radius 1 is 1.27 bits per heavy atom. The summed E-state index contributed by atoms with van der Waals surface area (Å²) in [4.78, 5) is 15.3. The molecule has 4 rings (SSSR count). The molecular formula is C24H23N3O2S. The Balaban J connectivity index is 1.32. The third kappa shape index (κ3) is 4.88. The molecule has 1 aliphatic rings. The second kappa shape index (κ2) is 9.12. The molecule has 0 saturated carbocycles. The molecule has 1 N–H and O–H groups in total. The summed E-state index contributed by atoms with van der Waals surface area (Å²) in [7, 11) is 0. The minimum absolute atomic E-state index is 0.0905. The number of thiophene rings is 1. The van der Waals surface area contributed by atoms with Crippen LogP contribution in [0.15, 0.2) is 60.0 Å². The van der Waals surface area contributed by atoms with Gasteiger partial charge >= 0.3 is 0 Å². The molecule has 0 aliphatic carbocycles. The Morgan fingerprint density at radius 2 is 2.10 bits per heavy atom. The fourth-order valence-corrected chi connectivity index (χ4v) is 4.24. The van der Waals surface area contributed by atoms with Gasteiger partial charge in [-0.2, -0.15) is 5.26 Å². The number of nitriles is 1. The maximum atomic E-state index is 12.2. The molecule has 3 aromatic rings. The summed E-state index contributed by atoms with van der Waals surface area (Å²) in [6.45, 7) is 4.72. The van der Waals surface area contributed by atoms with E-state index in [9.17, 15) is 4.79 Å². The van der Waals surface area contributed by atoms with Crippen molar-refractivity contribution in [1.29, 1.82) is 5.26 Å². The first-order valence-electron chi connectivity index (χ1n) is 9.94. The highest BCUT2D eigenvalue weighted by molar-refractivity contribution is 7.12. The number of anilines is 1. The van der Waals surface area contributed by atoms with Crippen molar-refractivity contribution in [3.8, 4) is 11.8 Å². The van der Waals surface area contributed by atoms with Crippen LogP contribution in [0.25, 0.3) is 0 Å². The molecule has 1 unspecified atom stereocenters. The topological polar surface area (TPSA) is 65.4 Å². The van der Waals surface area contributed by atoms with E-state index in [1.165, 1.54) is 16.9 Å². The predicted molar refractivity (Wildman–Crippen MR) is 119 cm³/mol. The molecule has 0 radical (unpaired) electrons. The number of likely N-dealkylation sites (tertiary alicyclic amines) is 1. The minimum atomic E-state index is -0.0905. The maximum Gasteiger partial charge on any atom is 0.265 e. The van der Waals surface area contributed by atoms with Gasteiger partial charge in [0, 0.05) is 25.3 Å². The van der Waals surface area contributed by atoms with Gasteiger partial charge in [0.05, 0.1) is 16.5 Å². The van der Waals surface area contributed by atoms with Gasteiger partial charge in [0.25, 0.3) is 5.91 Å². The normalized spacial score (nSPS) is 16.2. The van der Waals surface area contributed by atoms with E-state index in [0.29, 0.717) is 10.4 Å². The van der Waals surface area contributed by atoms with Gasteiger partial charge in [-0.05, 0) is 66.2 Å². The summed E-state index contributed by atoms with van der Waals surface area (Å²) in [5.74, 6) is 0.765. The summed E-state index contributed by atoms with van der Waals surface area (Å²) >= 11 is 1.43. The highest BCUT2D eigenvalue weighted by atomic mass is 32.1. The lowest BCUT2D eigenvalue weighted by atomic mass is 10.1. The third-order valence-electron chi connectivity index (χ3n) is 5.19. The highest BCUT2D eigenvalue weighted by Gasteiger charge is 2.24. The lowest BCUT2D eigenvalue weighted by molar-refractivity contribution is 0.103. The Bertz CT molecular complexity index is 1060. The number of carbonyl (C=O) groups is 1. The molecule has 1 amide bonds. The van der Waals surface area contributed by atoms with E-state index in [0.717, 1.165) is 43.1 Å². The Morgan fingerprint density at radius 3 is 2.80 bits per heavy atom. The predicted octanol–water partition coefficient (Wildman–Crippen LogP) is 4.83. The molecule has 1 fully saturated rings. The maximum absolute atomic E-state index is 12.2. The minimum Gasteiger partial charge on any atom is -0.489 e. The number of carbonyl (C=O) groups excluding carboxylic acids is 1. The zero-order valence-electron chi connectivity index (χ0n) is 16.8. The first kappa shape index (κ1) is 20.1. The first-order valence-corrected chi connectivity index (χ1v) is 10.8. The molecule has 30 heavy (non-hydrogen) atoms. The van der Waals surface area contributed by atoms with Gasteiger partial charge in [-0.25, -0.2) is 0 Å². The third-order valence-corrected chi connectivity index (χ3v) is 6.06. The van der Waals surface area contributed by atoms with Crippen LogP contribution in [0.1, 0.15) is 32.8 Å². The number of benzene rings is 2. The van der Waals surface area contributed by atoms with Gasteiger partial charge in [-0.15, -0.1) is 11.3 Å². The number of nitrogens with one attached hydrogen (secondary N) is 1. The largest absolute Gasteiger partial charge is 0.489 e. The lowest BCUT2D eigenvalue weighted by Gasteiger charge is -2.18. The molecule has 6 heteroatoms. The van der Waals surface area contributed by atoms with Gasteiger partial charge < -0.3 is 10.1 Å². The molecule has 1 atom stereocenters. The van der Waals surface area contributed by atoms with Crippen molar-refractivity contribution >= 4 is 22.9 Å². The molecule has 0 spiro atoms. The van der Waals surface area contributed by atoms with Crippen LogP contribution in [-0.4, -0.2) is 30.0 Å². The van der Waals surface area contributed by atoms with Gasteiger partial charge in [0.1, 0.15) is 11.9 Å². The van der Waals surface area contributed by atoms with Crippen molar-refractivity contribution in [1.82, 2.24) is 4.90 Å². The fourth-order valence-electron chi connectivity index (χ4n) is 3.62. The van der Waals surface area contributed by atoms with E-state index in [1.54, 1.807) is 0 Å². The number of hydrogen-bond donors (Lipinski definition) is 1. The van der Waals surface area contributed by atoms with E-state index in [2.05, 4.69) is 16.3 Å². The number of rotatable bonds is 6. The van der Waals surface area contributed by atoms with Crippen LogP contribution in [0.2, 0.25) is 0 Å².